The van der Waals surface area contributed by atoms with Crippen LogP contribution < -0.4 is 5.73 Å². The van der Waals surface area contributed by atoms with Crippen molar-refractivity contribution >= 4 is 16.9 Å². The molecule has 0 fully saturated rings. The second-order valence-electron chi connectivity index (χ2n) is 2.78. The van der Waals surface area contributed by atoms with Crippen molar-refractivity contribution in [3.63, 3.8) is 0 Å². The molecule has 0 bridgehead atoms. The van der Waals surface area contributed by atoms with Gasteiger partial charge in [0, 0.05) is 6.20 Å². The standard InChI is InChI=1S/C8H9N5/c9-7(10)3-8-12-5-1-2-11-4-6(5)13-8/h1-2,4H,3H2,(H3,9,10)(H,12,13). The molecule has 4 N–H and O–H groups in total. The van der Waals surface area contributed by atoms with Crippen molar-refractivity contribution in [3.05, 3.63) is 24.3 Å². The Labute approximate surface area is 74.5 Å². The van der Waals surface area contributed by atoms with Gasteiger partial charge in [-0.15, -0.1) is 0 Å². The van der Waals surface area contributed by atoms with Crippen LogP contribution in [0.2, 0.25) is 0 Å². The first-order valence-electron chi connectivity index (χ1n) is 3.87. The number of nitrogens with zero attached hydrogens (tertiary/aromatic N) is 2. The third-order valence-electron chi connectivity index (χ3n) is 1.69. The Hall–Kier alpha value is -1.91. The number of aromatic nitrogens is 3. The van der Waals surface area contributed by atoms with E-state index in [0.29, 0.717) is 12.2 Å². The molecule has 0 aliphatic rings. The minimum absolute atomic E-state index is 0.104. The maximum absolute atomic E-state index is 7.11. The SMILES string of the molecule is N=C(N)Cc1nc2ccncc2[nH]1. The molecular weight excluding hydrogens is 166 g/mol. The zero-order valence-electron chi connectivity index (χ0n) is 6.91. The van der Waals surface area contributed by atoms with E-state index in [2.05, 4.69) is 15.0 Å². The molecule has 2 aromatic heterocycles. The highest BCUT2D eigenvalue weighted by molar-refractivity contribution is 5.80. The largest absolute Gasteiger partial charge is 0.387 e. The summed E-state index contributed by atoms with van der Waals surface area (Å²) < 4.78 is 0. The predicted octanol–water partition coefficient (Wildman–Crippen LogP) is 0.436. The van der Waals surface area contributed by atoms with Gasteiger partial charge in [-0.2, -0.15) is 0 Å². The topological polar surface area (TPSA) is 91.4 Å². The van der Waals surface area contributed by atoms with E-state index < -0.39 is 0 Å². The monoisotopic (exact) mass is 175 g/mol. The lowest BCUT2D eigenvalue weighted by molar-refractivity contribution is 1.08. The second-order valence-corrected chi connectivity index (χ2v) is 2.78. The van der Waals surface area contributed by atoms with Gasteiger partial charge in [-0.05, 0) is 6.07 Å². The van der Waals surface area contributed by atoms with Gasteiger partial charge in [0.05, 0.1) is 29.5 Å². The summed E-state index contributed by atoms with van der Waals surface area (Å²) in [6, 6.07) is 1.81. The fourth-order valence-electron chi connectivity index (χ4n) is 1.17. The van der Waals surface area contributed by atoms with Crippen LogP contribution >= 0.6 is 0 Å². The van der Waals surface area contributed by atoms with Gasteiger partial charge in [0.2, 0.25) is 0 Å². The van der Waals surface area contributed by atoms with E-state index in [9.17, 15) is 0 Å². The lowest BCUT2D eigenvalue weighted by Crippen LogP contribution is -2.13. The van der Waals surface area contributed by atoms with Gasteiger partial charge in [-0.3, -0.25) is 10.4 Å². The van der Waals surface area contributed by atoms with E-state index in [4.69, 9.17) is 11.1 Å². The van der Waals surface area contributed by atoms with Crippen molar-refractivity contribution in [2.24, 2.45) is 5.73 Å². The van der Waals surface area contributed by atoms with Crippen LogP contribution in [0.15, 0.2) is 18.5 Å². The van der Waals surface area contributed by atoms with Crippen LogP contribution in [0, 0.1) is 5.41 Å². The first-order valence-corrected chi connectivity index (χ1v) is 3.87. The van der Waals surface area contributed by atoms with Gasteiger partial charge in [-0.25, -0.2) is 4.98 Å². The highest BCUT2D eigenvalue weighted by atomic mass is 14.9. The third-order valence-corrected chi connectivity index (χ3v) is 1.69. The van der Waals surface area contributed by atoms with Crippen molar-refractivity contribution in [2.45, 2.75) is 6.42 Å². The molecule has 0 saturated carbocycles. The van der Waals surface area contributed by atoms with E-state index in [-0.39, 0.29) is 5.84 Å². The predicted molar refractivity (Wildman–Crippen MR) is 49.5 cm³/mol. The third kappa shape index (κ3) is 1.48. The number of fused-ring (bicyclic) bond motifs is 1. The van der Waals surface area contributed by atoms with Crippen molar-refractivity contribution < 1.29 is 0 Å². The number of hydrogen-bond acceptors (Lipinski definition) is 3. The summed E-state index contributed by atoms with van der Waals surface area (Å²) in [5.41, 5.74) is 6.98. The van der Waals surface area contributed by atoms with Gasteiger partial charge in [0.1, 0.15) is 5.82 Å². The van der Waals surface area contributed by atoms with Gasteiger partial charge >= 0.3 is 0 Å². The minimum Gasteiger partial charge on any atom is -0.387 e. The minimum atomic E-state index is 0.104. The number of pyridine rings is 1. The highest BCUT2D eigenvalue weighted by Crippen LogP contribution is 2.08. The van der Waals surface area contributed by atoms with E-state index in [1.807, 2.05) is 6.07 Å². The van der Waals surface area contributed by atoms with Crippen molar-refractivity contribution in [1.82, 2.24) is 15.0 Å². The Morgan fingerprint density at radius 2 is 2.46 bits per heavy atom. The van der Waals surface area contributed by atoms with E-state index in [1.54, 1.807) is 12.4 Å². The van der Waals surface area contributed by atoms with E-state index in [0.717, 1.165) is 11.0 Å². The smallest absolute Gasteiger partial charge is 0.114 e. The first-order chi connectivity index (χ1) is 6.25. The molecule has 2 rings (SSSR count). The Balaban J connectivity index is 2.44. The average molecular weight is 175 g/mol. The van der Waals surface area contributed by atoms with Gasteiger partial charge in [0.15, 0.2) is 0 Å². The lowest BCUT2D eigenvalue weighted by Gasteiger charge is -1.90. The Morgan fingerprint density at radius 3 is 3.15 bits per heavy atom. The van der Waals surface area contributed by atoms with Crippen molar-refractivity contribution in [2.75, 3.05) is 0 Å². The van der Waals surface area contributed by atoms with E-state index >= 15 is 0 Å². The highest BCUT2D eigenvalue weighted by Gasteiger charge is 2.02. The van der Waals surface area contributed by atoms with Crippen LogP contribution in [0.4, 0.5) is 0 Å². The molecule has 0 spiro atoms. The number of imidazole rings is 1. The molecule has 0 amide bonds. The summed E-state index contributed by atoms with van der Waals surface area (Å²) in [7, 11) is 0. The zero-order valence-corrected chi connectivity index (χ0v) is 6.91. The molecule has 0 saturated heterocycles. The summed E-state index contributed by atoms with van der Waals surface area (Å²) in [5.74, 6) is 0.808. The normalized spacial score (nSPS) is 10.5. The van der Waals surface area contributed by atoms with Crippen molar-refractivity contribution in [3.8, 4) is 0 Å². The molecule has 5 nitrogen and oxygen atoms in total. The lowest BCUT2D eigenvalue weighted by atomic mass is 10.4. The number of aromatic amines is 1. The fraction of sp³-hybridized carbons (Fsp3) is 0.125. The molecule has 0 aliphatic heterocycles. The Kier molecular flexibility index (Phi) is 1.70. The van der Waals surface area contributed by atoms with Gasteiger partial charge in [-0.1, -0.05) is 0 Å². The van der Waals surface area contributed by atoms with Crippen LogP contribution in [0.3, 0.4) is 0 Å². The number of H-pyrrole nitrogens is 1. The quantitative estimate of drug-likeness (QED) is 0.456. The number of hydrogen-bond donors (Lipinski definition) is 3. The van der Waals surface area contributed by atoms with Crippen LogP contribution in [-0.4, -0.2) is 20.8 Å². The first kappa shape index (κ1) is 7.72. The fourth-order valence-corrected chi connectivity index (χ4v) is 1.17. The molecule has 13 heavy (non-hydrogen) atoms. The summed E-state index contributed by atoms with van der Waals surface area (Å²) in [5, 5.41) is 7.11. The number of nitrogens with two attached hydrogens (primary N) is 1. The molecular formula is C8H9N5. The molecule has 0 aliphatic carbocycles. The number of rotatable bonds is 2. The average Bonchev–Trinajstić information content (AvgIpc) is 2.44. The molecule has 5 heteroatoms. The van der Waals surface area contributed by atoms with E-state index in [1.165, 1.54) is 0 Å². The van der Waals surface area contributed by atoms with Gasteiger partial charge in [0.25, 0.3) is 0 Å². The summed E-state index contributed by atoms with van der Waals surface area (Å²) in [4.78, 5) is 11.2. The second kappa shape index (κ2) is 2.85. The molecule has 0 unspecified atom stereocenters. The maximum atomic E-state index is 7.11. The van der Waals surface area contributed by atoms with Crippen molar-refractivity contribution in [1.29, 1.82) is 5.41 Å². The van der Waals surface area contributed by atoms with Crippen LogP contribution in [-0.2, 0) is 6.42 Å². The molecule has 2 heterocycles. The number of nitrogens with one attached hydrogen (secondary N) is 2. The maximum Gasteiger partial charge on any atom is 0.114 e. The van der Waals surface area contributed by atoms with Gasteiger partial charge < -0.3 is 10.7 Å². The van der Waals surface area contributed by atoms with Crippen LogP contribution in [0.5, 0.6) is 0 Å². The summed E-state index contributed by atoms with van der Waals surface area (Å²) >= 11 is 0. The number of amidine groups is 1. The van der Waals surface area contributed by atoms with Crippen LogP contribution in [0.25, 0.3) is 11.0 Å². The molecule has 0 atom stereocenters. The Morgan fingerprint density at radius 1 is 1.62 bits per heavy atom. The summed E-state index contributed by atoms with van der Waals surface area (Å²) in [6.45, 7) is 0. The molecule has 66 valence electrons. The molecule has 0 radical (unpaired) electrons. The Bertz CT molecular complexity index is 411. The molecule has 0 aromatic carbocycles. The zero-order chi connectivity index (χ0) is 9.26. The summed E-state index contributed by atoms with van der Waals surface area (Å²) in [6.07, 6.45) is 3.74. The molecule has 2 aromatic rings. The van der Waals surface area contributed by atoms with Crippen LogP contribution in [0.1, 0.15) is 5.82 Å².